The molecule has 1 heterocycles. The second-order valence-corrected chi connectivity index (χ2v) is 4.55. The summed E-state index contributed by atoms with van der Waals surface area (Å²) in [5.41, 5.74) is 0.957. The molecule has 1 aliphatic heterocycles. The van der Waals surface area contributed by atoms with Crippen LogP contribution in [0.5, 0.6) is 0 Å². The fourth-order valence-electron chi connectivity index (χ4n) is 1.92. The Bertz CT molecular complexity index is 316. The van der Waals surface area contributed by atoms with Gasteiger partial charge in [0.05, 0.1) is 6.10 Å². The molecule has 104 valence electrons. The van der Waals surface area contributed by atoms with Crippen molar-refractivity contribution < 1.29 is 30.0 Å². The van der Waals surface area contributed by atoms with E-state index in [1.54, 1.807) is 0 Å². The van der Waals surface area contributed by atoms with Crippen LogP contribution in [0.3, 0.4) is 0 Å². The number of aliphatic hydroxyl groups is 3. The van der Waals surface area contributed by atoms with Crippen molar-refractivity contribution in [1.29, 1.82) is 0 Å². The summed E-state index contributed by atoms with van der Waals surface area (Å²) in [5.74, 6) is -1.35. The van der Waals surface area contributed by atoms with E-state index in [9.17, 15) is 20.1 Å². The van der Waals surface area contributed by atoms with Gasteiger partial charge in [0.15, 0.2) is 6.10 Å². The van der Waals surface area contributed by atoms with Crippen LogP contribution >= 0.6 is 0 Å². The SMILES string of the molecule is C=C(CC)CC[C@@H]1O[C@H](C(=O)O)[C@@H](O)[C@H](O)[C@H]1O. The van der Waals surface area contributed by atoms with E-state index >= 15 is 0 Å². The number of ether oxygens (including phenoxy) is 1. The Balaban J connectivity index is 2.67. The van der Waals surface area contributed by atoms with Gasteiger partial charge in [0.25, 0.3) is 0 Å². The highest BCUT2D eigenvalue weighted by Gasteiger charge is 2.46. The van der Waals surface area contributed by atoms with E-state index in [-0.39, 0.29) is 0 Å². The lowest BCUT2D eigenvalue weighted by Crippen LogP contribution is -2.59. The predicted octanol–water partition coefficient (Wildman–Crippen LogP) is -0.333. The zero-order valence-corrected chi connectivity index (χ0v) is 10.3. The topological polar surface area (TPSA) is 107 Å². The van der Waals surface area contributed by atoms with E-state index in [2.05, 4.69) is 6.58 Å². The molecule has 0 aromatic rings. The summed E-state index contributed by atoms with van der Waals surface area (Å²) in [4.78, 5) is 10.9. The van der Waals surface area contributed by atoms with Crippen molar-refractivity contribution in [2.75, 3.05) is 0 Å². The van der Waals surface area contributed by atoms with Gasteiger partial charge in [0, 0.05) is 0 Å². The van der Waals surface area contributed by atoms with Crippen LogP contribution in [0.15, 0.2) is 12.2 Å². The lowest BCUT2D eigenvalue weighted by atomic mass is 9.91. The highest BCUT2D eigenvalue weighted by atomic mass is 16.6. The summed E-state index contributed by atoms with van der Waals surface area (Å²) in [6.07, 6.45) is -5.02. The molecule has 1 fully saturated rings. The average molecular weight is 260 g/mol. The Kier molecular flexibility index (Phi) is 5.28. The van der Waals surface area contributed by atoms with Crippen molar-refractivity contribution in [3.8, 4) is 0 Å². The minimum Gasteiger partial charge on any atom is -0.479 e. The second-order valence-electron chi connectivity index (χ2n) is 4.55. The number of carboxylic acid groups (broad SMARTS) is 1. The zero-order chi connectivity index (χ0) is 13.9. The molecular weight excluding hydrogens is 240 g/mol. The Morgan fingerprint density at radius 3 is 2.33 bits per heavy atom. The van der Waals surface area contributed by atoms with Gasteiger partial charge in [-0.25, -0.2) is 4.79 Å². The number of allylic oxidation sites excluding steroid dienone is 1. The summed E-state index contributed by atoms with van der Waals surface area (Å²) < 4.78 is 5.14. The van der Waals surface area contributed by atoms with Gasteiger partial charge in [-0.1, -0.05) is 19.1 Å². The molecule has 0 amide bonds. The Labute approximate surface area is 106 Å². The van der Waals surface area contributed by atoms with Crippen LogP contribution in [-0.4, -0.2) is 56.9 Å². The molecule has 6 heteroatoms. The summed E-state index contributed by atoms with van der Waals surface area (Å²) in [6.45, 7) is 5.75. The molecule has 0 radical (unpaired) electrons. The molecule has 0 aromatic carbocycles. The van der Waals surface area contributed by atoms with E-state index in [1.807, 2.05) is 6.92 Å². The number of carboxylic acids is 1. The van der Waals surface area contributed by atoms with E-state index in [4.69, 9.17) is 9.84 Å². The fraction of sp³-hybridized carbons (Fsp3) is 0.750. The van der Waals surface area contributed by atoms with Gasteiger partial charge in [0.2, 0.25) is 0 Å². The molecule has 1 rings (SSSR count). The Morgan fingerprint density at radius 1 is 1.22 bits per heavy atom. The lowest BCUT2D eigenvalue weighted by Gasteiger charge is -2.39. The van der Waals surface area contributed by atoms with E-state index in [0.717, 1.165) is 12.0 Å². The van der Waals surface area contributed by atoms with Gasteiger partial charge in [-0.15, -0.1) is 0 Å². The molecule has 6 nitrogen and oxygen atoms in total. The molecule has 0 aromatic heterocycles. The van der Waals surface area contributed by atoms with Gasteiger partial charge in [-0.3, -0.25) is 0 Å². The van der Waals surface area contributed by atoms with Gasteiger partial charge < -0.3 is 25.2 Å². The lowest BCUT2D eigenvalue weighted by molar-refractivity contribution is -0.228. The molecular formula is C12H20O6. The van der Waals surface area contributed by atoms with Crippen LogP contribution in [0.1, 0.15) is 26.2 Å². The molecule has 5 atom stereocenters. The number of carbonyl (C=O) groups is 1. The second kappa shape index (κ2) is 6.29. The predicted molar refractivity (Wildman–Crippen MR) is 63.0 cm³/mol. The van der Waals surface area contributed by atoms with E-state index < -0.39 is 36.5 Å². The van der Waals surface area contributed by atoms with Crippen molar-refractivity contribution in [3.63, 3.8) is 0 Å². The van der Waals surface area contributed by atoms with Crippen LogP contribution in [0.2, 0.25) is 0 Å². The van der Waals surface area contributed by atoms with Crippen LogP contribution in [-0.2, 0) is 9.53 Å². The van der Waals surface area contributed by atoms with E-state index in [0.29, 0.717) is 12.8 Å². The van der Waals surface area contributed by atoms with Crippen LogP contribution in [0.25, 0.3) is 0 Å². The summed E-state index contributed by atoms with van der Waals surface area (Å²) in [5, 5.41) is 37.7. The molecule has 18 heavy (non-hydrogen) atoms. The standard InChI is InChI=1S/C12H20O6/c1-3-6(2)4-5-7-8(13)9(14)10(15)11(18-7)12(16)17/h7-11,13-15H,2-5H2,1H3,(H,16,17)/t7-,8-,9+,10-,11-/m0/s1. The van der Waals surface area contributed by atoms with E-state index in [1.165, 1.54) is 0 Å². The summed E-state index contributed by atoms with van der Waals surface area (Å²) >= 11 is 0. The van der Waals surface area contributed by atoms with Crippen molar-refractivity contribution in [1.82, 2.24) is 0 Å². The van der Waals surface area contributed by atoms with Gasteiger partial charge in [-0.05, 0) is 19.3 Å². The monoisotopic (exact) mass is 260 g/mol. The highest BCUT2D eigenvalue weighted by Crippen LogP contribution is 2.25. The third-order valence-electron chi connectivity index (χ3n) is 3.24. The zero-order valence-electron chi connectivity index (χ0n) is 10.3. The first kappa shape index (κ1) is 15.1. The maximum Gasteiger partial charge on any atom is 0.335 e. The number of hydrogen-bond donors (Lipinski definition) is 4. The maximum absolute atomic E-state index is 10.9. The number of rotatable bonds is 5. The van der Waals surface area contributed by atoms with Crippen LogP contribution in [0.4, 0.5) is 0 Å². The van der Waals surface area contributed by atoms with Crippen molar-refractivity contribution in [2.45, 2.75) is 56.7 Å². The average Bonchev–Trinajstić information content (AvgIpc) is 2.34. The molecule has 0 unspecified atom stereocenters. The van der Waals surface area contributed by atoms with Crippen LogP contribution < -0.4 is 0 Å². The molecule has 0 bridgehead atoms. The normalized spacial score (nSPS) is 36.3. The first-order valence-electron chi connectivity index (χ1n) is 5.97. The molecule has 0 spiro atoms. The first-order chi connectivity index (χ1) is 8.38. The smallest absolute Gasteiger partial charge is 0.335 e. The van der Waals surface area contributed by atoms with Gasteiger partial charge in [0.1, 0.15) is 18.3 Å². The first-order valence-corrected chi connectivity index (χ1v) is 5.97. The van der Waals surface area contributed by atoms with Crippen molar-refractivity contribution in [3.05, 3.63) is 12.2 Å². The maximum atomic E-state index is 10.9. The number of hydrogen-bond acceptors (Lipinski definition) is 5. The van der Waals surface area contributed by atoms with Crippen molar-refractivity contribution in [2.24, 2.45) is 0 Å². The minimum atomic E-state index is -1.62. The largest absolute Gasteiger partial charge is 0.479 e. The fourth-order valence-corrected chi connectivity index (χ4v) is 1.92. The Hall–Kier alpha value is -0.950. The molecule has 1 aliphatic rings. The third-order valence-corrected chi connectivity index (χ3v) is 3.24. The summed E-state index contributed by atoms with van der Waals surface area (Å²) in [6, 6.07) is 0. The quantitative estimate of drug-likeness (QED) is 0.504. The molecule has 4 N–H and O–H groups in total. The van der Waals surface area contributed by atoms with Crippen LogP contribution in [0, 0.1) is 0 Å². The molecule has 1 saturated heterocycles. The minimum absolute atomic E-state index is 0.362. The summed E-state index contributed by atoms with van der Waals surface area (Å²) in [7, 11) is 0. The molecule has 0 saturated carbocycles. The van der Waals surface area contributed by atoms with Crippen molar-refractivity contribution >= 4 is 5.97 Å². The number of aliphatic carboxylic acids is 1. The Morgan fingerprint density at radius 2 is 1.83 bits per heavy atom. The highest BCUT2D eigenvalue weighted by molar-refractivity contribution is 5.73. The molecule has 0 aliphatic carbocycles. The third kappa shape index (κ3) is 3.29. The van der Waals surface area contributed by atoms with Gasteiger partial charge in [-0.2, -0.15) is 0 Å². The van der Waals surface area contributed by atoms with Gasteiger partial charge >= 0.3 is 5.97 Å². The number of aliphatic hydroxyl groups excluding tert-OH is 3.